The number of aliphatic hydroxyl groups excluding tert-OH is 1. The lowest BCUT2D eigenvalue weighted by atomic mass is 10.0. The van der Waals surface area contributed by atoms with Crippen molar-refractivity contribution in [2.45, 2.75) is 32.9 Å². The molecule has 7 nitrogen and oxygen atoms in total. The van der Waals surface area contributed by atoms with Crippen LogP contribution < -0.4 is 16.4 Å². The van der Waals surface area contributed by atoms with E-state index in [0.717, 1.165) is 56.9 Å². The molecule has 1 saturated heterocycles. The Morgan fingerprint density at radius 1 is 1.19 bits per heavy atom. The molecule has 0 radical (unpaired) electrons. The Labute approximate surface area is 192 Å². The summed E-state index contributed by atoms with van der Waals surface area (Å²) in [6, 6.07) is 8.91. The highest BCUT2D eigenvalue weighted by Crippen LogP contribution is 2.18. The van der Waals surface area contributed by atoms with Gasteiger partial charge in [0.25, 0.3) is 0 Å². The maximum Gasteiger partial charge on any atom is 0.190 e. The minimum Gasteiger partial charge on any atom is -0.395 e. The summed E-state index contributed by atoms with van der Waals surface area (Å²) in [5.74, 6) is 0.458. The quantitative estimate of drug-likeness (QED) is 0.486. The van der Waals surface area contributed by atoms with Crippen LogP contribution in [0.25, 0.3) is 5.70 Å². The molecular weight excluding hydrogens is 400 g/mol. The van der Waals surface area contributed by atoms with E-state index in [4.69, 9.17) is 10.8 Å². The molecule has 0 aromatic heterocycles. The van der Waals surface area contributed by atoms with E-state index in [-0.39, 0.29) is 12.6 Å². The zero-order chi connectivity index (χ0) is 22.8. The summed E-state index contributed by atoms with van der Waals surface area (Å²) < 4.78 is 0. The van der Waals surface area contributed by atoms with E-state index in [9.17, 15) is 0 Å². The van der Waals surface area contributed by atoms with Crippen molar-refractivity contribution in [2.24, 2.45) is 10.7 Å². The Morgan fingerprint density at radius 2 is 1.91 bits per heavy atom. The van der Waals surface area contributed by atoms with Crippen LogP contribution >= 0.6 is 0 Å². The lowest BCUT2D eigenvalue weighted by molar-refractivity contribution is 0.108. The number of β-amino-alcohol motifs (C(OH)–C–C–N with tert-alkyl or cyclic N) is 1. The van der Waals surface area contributed by atoms with Crippen molar-refractivity contribution < 1.29 is 5.11 Å². The molecule has 2 aliphatic heterocycles. The van der Waals surface area contributed by atoms with Crippen LogP contribution in [0.1, 0.15) is 31.4 Å². The fraction of sp³-hybridized carbons (Fsp3) is 0.480. The second-order valence-corrected chi connectivity index (χ2v) is 8.40. The molecule has 0 spiro atoms. The molecule has 1 atom stereocenters. The zero-order valence-electron chi connectivity index (χ0n) is 19.4. The number of nitrogens with one attached hydrogen (secondary N) is 2. The normalized spacial score (nSPS) is 25.0. The average Bonchev–Trinajstić information content (AvgIpc) is 2.90. The summed E-state index contributed by atoms with van der Waals surface area (Å²) in [5.41, 5.74) is 10.8. The highest BCUT2D eigenvalue weighted by Gasteiger charge is 2.17. The number of hydrogen-bond donors (Lipinski definition) is 4. The first kappa shape index (κ1) is 24.0. The highest BCUT2D eigenvalue weighted by molar-refractivity contribution is 5.79. The van der Waals surface area contributed by atoms with Gasteiger partial charge in [-0.1, -0.05) is 54.1 Å². The van der Waals surface area contributed by atoms with Gasteiger partial charge in [-0.15, -0.1) is 0 Å². The molecule has 0 bridgehead atoms. The number of nitrogens with zero attached hydrogens (tertiary/aromatic N) is 3. The van der Waals surface area contributed by atoms with Gasteiger partial charge < -0.3 is 21.5 Å². The first-order valence-corrected chi connectivity index (χ1v) is 11.5. The lowest BCUT2D eigenvalue weighted by Crippen LogP contribution is -2.46. The molecule has 1 aromatic rings. The molecule has 1 fully saturated rings. The lowest BCUT2D eigenvalue weighted by Gasteiger charge is -2.34. The van der Waals surface area contributed by atoms with E-state index in [1.54, 1.807) is 0 Å². The Bertz CT molecular complexity index is 834. The maximum atomic E-state index is 9.10. The molecule has 7 heteroatoms. The topological polar surface area (TPSA) is 89.2 Å². The van der Waals surface area contributed by atoms with Crippen molar-refractivity contribution in [3.05, 3.63) is 65.3 Å². The van der Waals surface area contributed by atoms with E-state index in [1.807, 2.05) is 19.1 Å². The summed E-state index contributed by atoms with van der Waals surface area (Å²) in [7, 11) is 0. The molecule has 2 heterocycles. The third-order valence-corrected chi connectivity index (χ3v) is 6.05. The first-order chi connectivity index (χ1) is 15.6. The van der Waals surface area contributed by atoms with Crippen LogP contribution in [0.4, 0.5) is 0 Å². The van der Waals surface area contributed by atoms with Crippen LogP contribution in [0.2, 0.25) is 0 Å². The number of hydrogen-bond acceptors (Lipinski definition) is 7. The van der Waals surface area contributed by atoms with Crippen LogP contribution in [-0.4, -0.2) is 72.9 Å². The zero-order valence-corrected chi connectivity index (χ0v) is 19.4. The summed E-state index contributed by atoms with van der Waals surface area (Å²) in [6.07, 6.45) is 9.23. The summed E-state index contributed by atoms with van der Waals surface area (Å²) in [5, 5.41) is 15.8. The average molecular weight is 439 g/mol. The second kappa shape index (κ2) is 12.4. The Hall–Kier alpha value is -2.61. The molecule has 0 aliphatic carbocycles. The predicted molar refractivity (Wildman–Crippen MR) is 133 cm³/mol. The predicted octanol–water partition coefficient (Wildman–Crippen LogP) is 1.88. The molecule has 32 heavy (non-hydrogen) atoms. The van der Waals surface area contributed by atoms with Crippen LogP contribution in [0, 0.1) is 0 Å². The number of rotatable bonds is 7. The Morgan fingerprint density at radius 3 is 2.59 bits per heavy atom. The van der Waals surface area contributed by atoms with Gasteiger partial charge in [0.2, 0.25) is 0 Å². The molecule has 5 N–H and O–H groups in total. The van der Waals surface area contributed by atoms with Crippen LogP contribution in [0.5, 0.6) is 0 Å². The second-order valence-electron chi connectivity index (χ2n) is 8.40. The minimum absolute atomic E-state index is 0.105. The van der Waals surface area contributed by atoms with E-state index in [0.29, 0.717) is 12.6 Å². The van der Waals surface area contributed by atoms with Gasteiger partial charge in [0.15, 0.2) is 5.96 Å². The molecule has 0 amide bonds. The highest BCUT2D eigenvalue weighted by atomic mass is 16.3. The van der Waals surface area contributed by atoms with Crippen molar-refractivity contribution in [2.75, 3.05) is 46.0 Å². The Balaban J connectivity index is 1.64. The fourth-order valence-electron chi connectivity index (χ4n) is 4.04. The number of aliphatic hydroxyl groups is 1. The van der Waals surface area contributed by atoms with Gasteiger partial charge in [-0.05, 0) is 31.4 Å². The van der Waals surface area contributed by atoms with Gasteiger partial charge in [0.1, 0.15) is 6.67 Å². The van der Waals surface area contributed by atoms with Gasteiger partial charge in [-0.2, -0.15) is 0 Å². The molecule has 0 saturated carbocycles. The van der Waals surface area contributed by atoms with Crippen molar-refractivity contribution in [3.8, 4) is 0 Å². The third kappa shape index (κ3) is 7.22. The van der Waals surface area contributed by atoms with Crippen molar-refractivity contribution in [1.29, 1.82) is 0 Å². The number of nitrogens with two attached hydrogens (primary N) is 1. The van der Waals surface area contributed by atoms with Crippen molar-refractivity contribution in [3.63, 3.8) is 0 Å². The smallest absolute Gasteiger partial charge is 0.190 e. The number of benzene rings is 1. The van der Waals surface area contributed by atoms with Gasteiger partial charge >= 0.3 is 0 Å². The van der Waals surface area contributed by atoms with Crippen LogP contribution in [0.15, 0.2) is 59.1 Å². The molecular formula is C25H38N6O. The number of allylic oxidation sites excluding steroid dienone is 3. The van der Waals surface area contributed by atoms with E-state index in [1.165, 1.54) is 11.1 Å². The number of guanidine groups is 1. The Kier molecular flexibility index (Phi) is 9.34. The number of piperazine rings is 1. The summed E-state index contributed by atoms with van der Waals surface area (Å²) >= 11 is 0. The van der Waals surface area contributed by atoms with Crippen LogP contribution in [-0.2, 0) is 6.54 Å². The molecule has 1 unspecified atom stereocenters. The SMILES string of the molecule is C/C=C\C=C(/C)C1C/C=C(/c2ccc(CN3CCN(CCO)CC3)cc2)NC/N=C(/N)N1. The molecule has 3 rings (SSSR count). The summed E-state index contributed by atoms with van der Waals surface area (Å²) in [6.45, 7) is 10.7. The molecule has 1 aromatic carbocycles. The fourth-order valence-corrected chi connectivity index (χ4v) is 4.04. The molecule has 174 valence electrons. The van der Waals surface area contributed by atoms with E-state index >= 15 is 0 Å². The van der Waals surface area contributed by atoms with E-state index < -0.39 is 0 Å². The number of aliphatic imine (C=N–C) groups is 1. The maximum absolute atomic E-state index is 9.10. The third-order valence-electron chi connectivity index (χ3n) is 6.05. The van der Waals surface area contributed by atoms with Crippen LogP contribution in [0.3, 0.4) is 0 Å². The summed E-state index contributed by atoms with van der Waals surface area (Å²) in [4.78, 5) is 9.21. The van der Waals surface area contributed by atoms with Gasteiger partial charge in [0.05, 0.1) is 12.6 Å². The van der Waals surface area contributed by atoms with Gasteiger partial charge in [0, 0.05) is 45.0 Å². The van der Waals surface area contributed by atoms with Gasteiger partial charge in [-0.3, -0.25) is 9.80 Å². The minimum atomic E-state index is 0.105. The van der Waals surface area contributed by atoms with Gasteiger partial charge in [-0.25, -0.2) is 4.99 Å². The molecule has 2 aliphatic rings. The van der Waals surface area contributed by atoms with E-state index in [2.05, 4.69) is 68.8 Å². The first-order valence-electron chi connectivity index (χ1n) is 11.5. The monoisotopic (exact) mass is 438 g/mol. The van der Waals surface area contributed by atoms with Crippen molar-refractivity contribution in [1.82, 2.24) is 20.4 Å². The standard InChI is InChI=1S/C25H38N6O/c1-3-4-5-20(2)23-10-11-24(27-19-28-25(26)29-23)22-8-6-21(7-9-22)18-31-14-12-30(13-15-31)16-17-32/h3-9,11,23,27,32H,10,12-19H2,1-2H3,(H3,26,28,29)/b4-3-,20-5+,24-11-. The van der Waals surface area contributed by atoms with Crippen molar-refractivity contribution >= 4 is 11.7 Å². The largest absolute Gasteiger partial charge is 0.395 e.